The smallest absolute Gasteiger partial charge is 0.234 e. The molecular weight excluding hydrogens is 287 g/mol. The molecule has 0 fully saturated rings. The molecule has 2 aromatic rings. The molecule has 3 N–H and O–H groups in total. The van der Waals surface area contributed by atoms with Crippen molar-refractivity contribution in [2.75, 3.05) is 16.8 Å². The Labute approximate surface area is 127 Å². The average molecular weight is 304 g/mol. The molecule has 0 radical (unpaired) electrons. The van der Waals surface area contributed by atoms with Gasteiger partial charge in [-0.1, -0.05) is 17.7 Å². The molecule has 0 aliphatic carbocycles. The number of rotatable bonds is 4. The van der Waals surface area contributed by atoms with Crippen molar-refractivity contribution in [3.05, 3.63) is 53.3 Å². The highest BCUT2D eigenvalue weighted by Crippen LogP contribution is 2.24. The Morgan fingerprint density at radius 3 is 2.71 bits per heavy atom. The van der Waals surface area contributed by atoms with E-state index in [2.05, 4.69) is 11.4 Å². The van der Waals surface area contributed by atoms with Gasteiger partial charge in [0.15, 0.2) is 0 Å². The Morgan fingerprint density at radius 2 is 2.00 bits per heavy atom. The number of nitrogens with one attached hydrogen (secondary N) is 1. The van der Waals surface area contributed by atoms with E-state index in [1.165, 1.54) is 30.0 Å². The fraction of sp³-hybridized carbons (Fsp3) is 0.188. The molecule has 0 aromatic heterocycles. The van der Waals surface area contributed by atoms with Gasteiger partial charge in [0.1, 0.15) is 5.82 Å². The zero-order valence-electron chi connectivity index (χ0n) is 11.9. The summed E-state index contributed by atoms with van der Waals surface area (Å²) in [7, 11) is 0. The van der Waals surface area contributed by atoms with Crippen LogP contribution in [-0.4, -0.2) is 11.7 Å². The first-order valence-electron chi connectivity index (χ1n) is 6.50. The number of carbonyl (C=O) groups excluding carboxylic acids is 1. The Bertz CT molecular complexity index is 673. The number of carbonyl (C=O) groups is 1. The zero-order valence-corrected chi connectivity index (χ0v) is 12.8. The van der Waals surface area contributed by atoms with Crippen LogP contribution in [0.15, 0.2) is 41.3 Å². The van der Waals surface area contributed by atoms with Crippen molar-refractivity contribution < 1.29 is 9.18 Å². The number of anilines is 2. The monoisotopic (exact) mass is 304 g/mol. The summed E-state index contributed by atoms with van der Waals surface area (Å²) in [5.41, 5.74) is 8.29. The second-order valence-electron chi connectivity index (χ2n) is 4.84. The second-order valence-corrected chi connectivity index (χ2v) is 5.86. The summed E-state index contributed by atoms with van der Waals surface area (Å²) >= 11 is 1.48. The lowest BCUT2D eigenvalue weighted by molar-refractivity contribution is -0.113. The molecule has 0 atom stereocenters. The SMILES string of the molecule is Cc1ccc(C)c(SCC(=O)Nc2ccc(F)c(N)c2)c1. The fourth-order valence-corrected chi connectivity index (χ4v) is 2.75. The van der Waals surface area contributed by atoms with E-state index < -0.39 is 5.82 Å². The zero-order chi connectivity index (χ0) is 15.4. The third kappa shape index (κ3) is 4.23. The van der Waals surface area contributed by atoms with Gasteiger partial charge in [0.25, 0.3) is 0 Å². The molecule has 21 heavy (non-hydrogen) atoms. The summed E-state index contributed by atoms with van der Waals surface area (Å²) in [6.45, 7) is 4.03. The Hall–Kier alpha value is -2.01. The maximum atomic E-state index is 13.0. The number of hydrogen-bond acceptors (Lipinski definition) is 3. The summed E-state index contributed by atoms with van der Waals surface area (Å²) in [6, 6.07) is 10.3. The highest BCUT2D eigenvalue weighted by molar-refractivity contribution is 8.00. The summed E-state index contributed by atoms with van der Waals surface area (Å²) in [5.74, 6) is -0.341. The van der Waals surface area contributed by atoms with Gasteiger partial charge in [-0.3, -0.25) is 4.79 Å². The van der Waals surface area contributed by atoms with Gasteiger partial charge in [-0.15, -0.1) is 11.8 Å². The van der Waals surface area contributed by atoms with Crippen LogP contribution in [0.4, 0.5) is 15.8 Å². The van der Waals surface area contributed by atoms with Crippen LogP contribution >= 0.6 is 11.8 Å². The Morgan fingerprint density at radius 1 is 1.24 bits per heavy atom. The van der Waals surface area contributed by atoms with Crippen LogP contribution in [0.1, 0.15) is 11.1 Å². The molecule has 1 amide bonds. The van der Waals surface area contributed by atoms with Crippen LogP contribution in [0.3, 0.4) is 0 Å². The van der Waals surface area contributed by atoms with E-state index in [1.807, 2.05) is 26.0 Å². The number of hydrogen-bond donors (Lipinski definition) is 2. The lowest BCUT2D eigenvalue weighted by Gasteiger charge is -2.08. The van der Waals surface area contributed by atoms with Gasteiger partial charge in [-0.25, -0.2) is 4.39 Å². The standard InChI is InChI=1S/C16H17FN2OS/c1-10-3-4-11(2)15(7-10)21-9-16(20)19-12-5-6-13(17)14(18)8-12/h3-8H,9,18H2,1-2H3,(H,19,20). The number of aryl methyl sites for hydroxylation is 2. The number of halogens is 1. The summed E-state index contributed by atoms with van der Waals surface area (Å²) < 4.78 is 13.0. The Kier molecular flexibility index (Phi) is 4.85. The minimum atomic E-state index is -0.488. The normalized spacial score (nSPS) is 10.4. The highest BCUT2D eigenvalue weighted by Gasteiger charge is 2.07. The van der Waals surface area contributed by atoms with Crippen molar-refractivity contribution in [1.29, 1.82) is 0 Å². The number of nitrogen functional groups attached to an aromatic ring is 1. The van der Waals surface area contributed by atoms with E-state index in [0.717, 1.165) is 16.0 Å². The van der Waals surface area contributed by atoms with Crippen molar-refractivity contribution in [3.8, 4) is 0 Å². The van der Waals surface area contributed by atoms with E-state index in [1.54, 1.807) is 0 Å². The largest absolute Gasteiger partial charge is 0.396 e. The molecule has 2 rings (SSSR count). The van der Waals surface area contributed by atoms with E-state index in [-0.39, 0.29) is 11.6 Å². The van der Waals surface area contributed by atoms with E-state index >= 15 is 0 Å². The van der Waals surface area contributed by atoms with Gasteiger partial charge in [0, 0.05) is 10.6 Å². The molecule has 0 unspecified atom stereocenters. The van der Waals surface area contributed by atoms with Gasteiger partial charge in [-0.2, -0.15) is 0 Å². The molecule has 0 spiro atoms. The van der Waals surface area contributed by atoms with Crippen LogP contribution in [0, 0.1) is 19.7 Å². The lowest BCUT2D eigenvalue weighted by Crippen LogP contribution is -2.14. The van der Waals surface area contributed by atoms with Crippen LogP contribution in [-0.2, 0) is 4.79 Å². The van der Waals surface area contributed by atoms with Gasteiger partial charge in [-0.05, 0) is 43.7 Å². The molecule has 0 bridgehead atoms. The predicted octanol–water partition coefficient (Wildman–Crippen LogP) is 3.76. The first-order chi connectivity index (χ1) is 9.95. The lowest BCUT2D eigenvalue weighted by atomic mass is 10.2. The van der Waals surface area contributed by atoms with Crippen molar-refractivity contribution in [3.63, 3.8) is 0 Å². The molecule has 2 aromatic carbocycles. The molecule has 0 saturated carbocycles. The average Bonchev–Trinajstić information content (AvgIpc) is 2.44. The van der Waals surface area contributed by atoms with Crippen LogP contribution in [0.2, 0.25) is 0 Å². The predicted molar refractivity (Wildman–Crippen MR) is 86.1 cm³/mol. The van der Waals surface area contributed by atoms with Crippen LogP contribution in [0.25, 0.3) is 0 Å². The number of benzene rings is 2. The maximum absolute atomic E-state index is 13.0. The fourth-order valence-electron chi connectivity index (χ4n) is 1.82. The highest BCUT2D eigenvalue weighted by atomic mass is 32.2. The first kappa shape index (κ1) is 15.4. The quantitative estimate of drug-likeness (QED) is 0.668. The van der Waals surface area contributed by atoms with Crippen molar-refractivity contribution in [2.45, 2.75) is 18.7 Å². The third-order valence-corrected chi connectivity index (χ3v) is 4.14. The molecular formula is C16H17FN2OS. The number of amides is 1. The molecule has 0 aliphatic heterocycles. The number of thioether (sulfide) groups is 1. The molecule has 5 heteroatoms. The maximum Gasteiger partial charge on any atom is 0.234 e. The van der Waals surface area contributed by atoms with Gasteiger partial charge in [0.05, 0.1) is 11.4 Å². The van der Waals surface area contributed by atoms with E-state index in [0.29, 0.717) is 11.4 Å². The number of nitrogens with two attached hydrogens (primary N) is 1. The molecule has 0 saturated heterocycles. The van der Waals surface area contributed by atoms with Gasteiger partial charge < -0.3 is 11.1 Å². The first-order valence-corrected chi connectivity index (χ1v) is 7.49. The van der Waals surface area contributed by atoms with Gasteiger partial charge >= 0.3 is 0 Å². The summed E-state index contributed by atoms with van der Waals surface area (Å²) in [5, 5.41) is 2.71. The molecule has 3 nitrogen and oxygen atoms in total. The molecule has 0 heterocycles. The van der Waals surface area contributed by atoms with Crippen LogP contribution < -0.4 is 11.1 Å². The second kappa shape index (κ2) is 6.63. The minimum absolute atomic E-state index is 0.0231. The topological polar surface area (TPSA) is 55.1 Å². The molecule has 0 aliphatic rings. The van der Waals surface area contributed by atoms with E-state index in [9.17, 15) is 9.18 Å². The van der Waals surface area contributed by atoms with Crippen molar-refractivity contribution in [1.82, 2.24) is 0 Å². The summed E-state index contributed by atoms with van der Waals surface area (Å²) in [4.78, 5) is 13.0. The van der Waals surface area contributed by atoms with Gasteiger partial charge in [0.2, 0.25) is 5.91 Å². The Balaban J connectivity index is 1.95. The minimum Gasteiger partial charge on any atom is -0.396 e. The summed E-state index contributed by atoms with van der Waals surface area (Å²) in [6.07, 6.45) is 0. The van der Waals surface area contributed by atoms with Crippen molar-refractivity contribution in [2.24, 2.45) is 0 Å². The molecule has 110 valence electrons. The van der Waals surface area contributed by atoms with Crippen molar-refractivity contribution >= 4 is 29.0 Å². The van der Waals surface area contributed by atoms with E-state index in [4.69, 9.17) is 5.73 Å². The third-order valence-electron chi connectivity index (χ3n) is 2.98. The van der Waals surface area contributed by atoms with Crippen LogP contribution in [0.5, 0.6) is 0 Å².